The average molecular weight is 429 g/mol. The van der Waals surface area contributed by atoms with Crippen LogP contribution in [0.5, 0.6) is 0 Å². The number of ether oxygens (including phenoxy) is 1. The largest absolute Gasteiger partial charge is 0.379 e. The number of sulfonamides is 1. The van der Waals surface area contributed by atoms with Crippen LogP contribution in [0.25, 0.3) is 22.8 Å². The van der Waals surface area contributed by atoms with Crippen LogP contribution in [0.3, 0.4) is 0 Å². The first-order chi connectivity index (χ1) is 14.3. The second kappa shape index (κ2) is 8.27. The van der Waals surface area contributed by atoms with Gasteiger partial charge in [-0.15, -0.1) is 0 Å². The molecule has 1 saturated heterocycles. The van der Waals surface area contributed by atoms with Crippen molar-refractivity contribution in [1.29, 1.82) is 0 Å². The summed E-state index contributed by atoms with van der Waals surface area (Å²) >= 11 is 0. The lowest BCUT2D eigenvalue weighted by atomic mass is 10.0. The minimum atomic E-state index is -3.84. The van der Waals surface area contributed by atoms with E-state index in [2.05, 4.69) is 21.1 Å². The summed E-state index contributed by atoms with van der Waals surface area (Å²) < 4.78 is 34.5. The zero-order valence-electron chi connectivity index (χ0n) is 17.0. The van der Waals surface area contributed by atoms with Crippen LogP contribution in [0.2, 0.25) is 0 Å². The van der Waals surface area contributed by atoms with Crippen LogP contribution in [-0.4, -0.2) is 49.8 Å². The second-order valence-electron chi connectivity index (χ2n) is 7.47. The Morgan fingerprint density at radius 3 is 2.63 bits per heavy atom. The van der Waals surface area contributed by atoms with E-state index in [1.54, 1.807) is 6.07 Å². The highest BCUT2D eigenvalue weighted by Crippen LogP contribution is 2.29. The molecule has 0 radical (unpaired) electrons. The number of hydrogen-bond donors (Lipinski definition) is 1. The van der Waals surface area contributed by atoms with Gasteiger partial charge >= 0.3 is 0 Å². The zero-order chi connectivity index (χ0) is 21.3. The molecule has 30 heavy (non-hydrogen) atoms. The molecule has 9 heteroatoms. The van der Waals surface area contributed by atoms with E-state index in [0.29, 0.717) is 11.4 Å². The molecule has 158 valence electrons. The summed E-state index contributed by atoms with van der Waals surface area (Å²) in [5.41, 5.74) is 4.20. The molecular formula is C21H24N4O4S. The molecule has 1 fully saturated rings. The lowest BCUT2D eigenvalue weighted by Gasteiger charge is -2.26. The molecule has 0 atom stereocenters. The summed E-state index contributed by atoms with van der Waals surface area (Å²) in [6.07, 6.45) is 0. The number of primary sulfonamides is 1. The van der Waals surface area contributed by atoms with E-state index in [9.17, 15) is 8.42 Å². The van der Waals surface area contributed by atoms with E-state index in [0.717, 1.165) is 55.1 Å². The highest BCUT2D eigenvalue weighted by molar-refractivity contribution is 7.89. The molecule has 0 bridgehead atoms. The van der Waals surface area contributed by atoms with Gasteiger partial charge in [0.2, 0.25) is 15.8 Å². The molecule has 0 saturated carbocycles. The molecule has 3 aromatic rings. The van der Waals surface area contributed by atoms with Crippen molar-refractivity contribution < 1.29 is 17.7 Å². The Morgan fingerprint density at radius 1 is 1.13 bits per heavy atom. The third-order valence-corrected chi connectivity index (χ3v) is 6.21. The molecule has 2 aromatic carbocycles. The summed E-state index contributed by atoms with van der Waals surface area (Å²) in [5, 5.41) is 9.42. The number of nitrogens with two attached hydrogens (primary N) is 1. The van der Waals surface area contributed by atoms with Gasteiger partial charge in [-0.2, -0.15) is 4.98 Å². The molecule has 0 amide bonds. The van der Waals surface area contributed by atoms with E-state index in [1.807, 2.05) is 32.0 Å². The van der Waals surface area contributed by atoms with Gasteiger partial charge in [-0.3, -0.25) is 4.90 Å². The summed E-state index contributed by atoms with van der Waals surface area (Å²) in [7, 11) is -3.84. The Morgan fingerprint density at radius 2 is 1.90 bits per heavy atom. The highest BCUT2D eigenvalue weighted by Gasteiger charge is 2.19. The number of morpholine rings is 1. The SMILES string of the molecule is Cc1cc(S(N)(=O)=O)cc(-c2nc(-c3cccc(CN4CCOCC4)c3)no2)c1C. The third kappa shape index (κ3) is 4.44. The maximum atomic E-state index is 11.8. The van der Waals surface area contributed by atoms with Crippen molar-refractivity contribution >= 4 is 10.0 Å². The zero-order valence-corrected chi connectivity index (χ0v) is 17.8. The number of rotatable bonds is 5. The number of nitrogens with zero attached hydrogens (tertiary/aromatic N) is 3. The number of benzene rings is 2. The van der Waals surface area contributed by atoms with Crippen LogP contribution in [0.4, 0.5) is 0 Å². The fourth-order valence-corrected chi connectivity index (χ4v) is 4.11. The number of aromatic nitrogens is 2. The minimum Gasteiger partial charge on any atom is -0.379 e. The maximum Gasteiger partial charge on any atom is 0.258 e. The van der Waals surface area contributed by atoms with Crippen molar-refractivity contribution in [3.05, 3.63) is 53.1 Å². The Labute approximate surface area is 175 Å². The summed E-state index contributed by atoms with van der Waals surface area (Å²) in [6.45, 7) is 7.86. The van der Waals surface area contributed by atoms with E-state index in [1.165, 1.54) is 6.07 Å². The lowest BCUT2D eigenvalue weighted by molar-refractivity contribution is 0.0342. The van der Waals surface area contributed by atoms with Crippen LogP contribution in [0.15, 0.2) is 45.8 Å². The average Bonchev–Trinajstić information content (AvgIpc) is 3.20. The Hall–Kier alpha value is -2.59. The van der Waals surface area contributed by atoms with Crippen LogP contribution >= 0.6 is 0 Å². The van der Waals surface area contributed by atoms with Gasteiger partial charge in [0, 0.05) is 30.8 Å². The summed E-state index contributed by atoms with van der Waals surface area (Å²) in [5.74, 6) is 0.710. The monoisotopic (exact) mass is 428 g/mol. The van der Waals surface area contributed by atoms with E-state index >= 15 is 0 Å². The van der Waals surface area contributed by atoms with Crippen LogP contribution < -0.4 is 5.14 Å². The first-order valence-corrected chi connectivity index (χ1v) is 11.2. The molecule has 1 aliphatic heterocycles. The van der Waals surface area contributed by atoms with Crippen molar-refractivity contribution in [2.24, 2.45) is 5.14 Å². The predicted octanol–water partition coefficient (Wildman–Crippen LogP) is 2.50. The molecule has 8 nitrogen and oxygen atoms in total. The Kier molecular flexibility index (Phi) is 5.70. The van der Waals surface area contributed by atoms with E-state index < -0.39 is 10.0 Å². The molecule has 4 rings (SSSR count). The van der Waals surface area contributed by atoms with Gasteiger partial charge in [0.05, 0.1) is 18.1 Å². The fourth-order valence-electron chi connectivity index (χ4n) is 3.49. The molecule has 0 unspecified atom stereocenters. The predicted molar refractivity (Wildman–Crippen MR) is 112 cm³/mol. The minimum absolute atomic E-state index is 0.0212. The van der Waals surface area contributed by atoms with Crippen molar-refractivity contribution in [3.8, 4) is 22.8 Å². The van der Waals surface area contributed by atoms with Gasteiger partial charge in [0.15, 0.2) is 0 Å². The Bertz CT molecular complexity index is 1170. The molecule has 1 aromatic heterocycles. The second-order valence-corrected chi connectivity index (χ2v) is 9.03. The number of aryl methyl sites for hydroxylation is 1. The lowest BCUT2D eigenvalue weighted by Crippen LogP contribution is -2.35. The van der Waals surface area contributed by atoms with Gasteiger partial charge < -0.3 is 9.26 Å². The molecule has 2 heterocycles. The standard InChI is InChI=1S/C21H24N4O4S/c1-14-10-18(30(22,26)27)12-19(15(14)2)21-23-20(24-29-21)17-5-3-4-16(11-17)13-25-6-8-28-9-7-25/h3-5,10-12H,6-9,13H2,1-2H3,(H2,22,26,27). The van der Waals surface area contributed by atoms with Crippen molar-refractivity contribution in [2.75, 3.05) is 26.3 Å². The maximum absolute atomic E-state index is 11.8. The van der Waals surface area contributed by atoms with Gasteiger partial charge in [0.25, 0.3) is 5.89 Å². The van der Waals surface area contributed by atoms with Crippen LogP contribution in [0.1, 0.15) is 16.7 Å². The molecular weight excluding hydrogens is 404 g/mol. The molecule has 0 spiro atoms. The molecule has 1 aliphatic rings. The fraction of sp³-hybridized carbons (Fsp3) is 0.333. The Balaban J connectivity index is 1.64. The van der Waals surface area contributed by atoms with Gasteiger partial charge in [0.1, 0.15) is 0 Å². The first kappa shape index (κ1) is 20.7. The number of hydrogen-bond acceptors (Lipinski definition) is 7. The third-order valence-electron chi connectivity index (χ3n) is 5.32. The smallest absolute Gasteiger partial charge is 0.258 e. The normalized spacial score (nSPS) is 15.4. The van der Waals surface area contributed by atoms with E-state index in [-0.39, 0.29) is 10.8 Å². The van der Waals surface area contributed by atoms with Crippen LogP contribution in [-0.2, 0) is 21.3 Å². The molecule has 0 aliphatic carbocycles. The van der Waals surface area contributed by atoms with Crippen molar-refractivity contribution in [2.45, 2.75) is 25.3 Å². The van der Waals surface area contributed by atoms with Gasteiger partial charge in [-0.05, 0) is 48.7 Å². The first-order valence-electron chi connectivity index (χ1n) is 9.69. The highest BCUT2D eigenvalue weighted by atomic mass is 32.2. The quantitative estimate of drug-likeness (QED) is 0.664. The van der Waals surface area contributed by atoms with Gasteiger partial charge in [-0.1, -0.05) is 23.4 Å². The summed E-state index contributed by atoms with van der Waals surface area (Å²) in [4.78, 5) is 6.88. The molecule has 2 N–H and O–H groups in total. The topological polar surface area (TPSA) is 112 Å². The van der Waals surface area contributed by atoms with Crippen molar-refractivity contribution in [3.63, 3.8) is 0 Å². The van der Waals surface area contributed by atoms with Gasteiger partial charge in [-0.25, -0.2) is 13.6 Å². The summed E-state index contributed by atoms with van der Waals surface area (Å²) in [6, 6.07) is 11.0. The van der Waals surface area contributed by atoms with E-state index in [4.69, 9.17) is 14.4 Å². The van der Waals surface area contributed by atoms with Crippen molar-refractivity contribution in [1.82, 2.24) is 15.0 Å². The van der Waals surface area contributed by atoms with Crippen LogP contribution in [0, 0.1) is 13.8 Å².